The Balaban J connectivity index is 2.63. The second-order valence-corrected chi connectivity index (χ2v) is 5.20. The van der Waals surface area contributed by atoms with E-state index in [0.29, 0.717) is 0 Å². The molecular weight excluding hydrogens is 228 g/mol. The van der Waals surface area contributed by atoms with Gasteiger partial charge in [-0.15, -0.1) is 0 Å². The van der Waals surface area contributed by atoms with E-state index in [-0.39, 0.29) is 17.7 Å². The maximum atomic E-state index is 11.2. The Morgan fingerprint density at radius 2 is 2.28 bits per heavy atom. The molecule has 1 saturated heterocycles. The average molecular weight is 254 g/mol. The van der Waals surface area contributed by atoms with Crippen LogP contribution in [0.15, 0.2) is 11.6 Å². The SMILES string of the molecule is C/C=C(\CC)CC[C@H](OC(C)=O)[C@@]1(C)CCCO1. The summed E-state index contributed by atoms with van der Waals surface area (Å²) in [6.45, 7) is 8.53. The molecule has 0 radical (unpaired) electrons. The van der Waals surface area contributed by atoms with Crippen LogP contribution in [-0.2, 0) is 14.3 Å². The maximum absolute atomic E-state index is 11.2. The van der Waals surface area contributed by atoms with Gasteiger partial charge in [0, 0.05) is 13.5 Å². The van der Waals surface area contributed by atoms with Crippen molar-refractivity contribution in [2.24, 2.45) is 0 Å². The highest BCUT2D eigenvalue weighted by Gasteiger charge is 2.40. The summed E-state index contributed by atoms with van der Waals surface area (Å²) in [5.41, 5.74) is 1.12. The van der Waals surface area contributed by atoms with Gasteiger partial charge in [0.25, 0.3) is 0 Å². The van der Waals surface area contributed by atoms with Gasteiger partial charge in [-0.25, -0.2) is 0 Å². The first kappa shape index (κ1) is 15.2. The van der Waals surface area contributed by atoms with Crippen LogP contribution in [0.3, 0.4) is 0 Å². The normalized spacial score (nSPS) is 26.1. The molecule has 104 valence electrons. The fraction of sp³-hybridized carbons (Fsp3) is 0.800. The van der Waals surface area contributed by atoms with Crippen molar-refractivity contribution in [2.75, 3.05) is 6.61 Å². The molecule has 1 aliphatic rings. The molecule has 3 nitrogen and oxygen atoms in total. The molecule has 0 aromatic rings. The summed E-state index contributed by atoms with van der Waals surface area (Å²) in [7, 11) is 0. The van der Waals surface area contributed by atoms with Gasteiger partial charge in [0.15, 0.2) is 0 Å². The van der Waals surface area contributed by atoms with Crippen LogP contribution in [-0.4, -0.2) is 24.3 Å². The number of rotatable bonds is 6. The molecule has 1 aliphatic heterocycles. The highest BCUT2D eigenvalue weighted by atomic mass is 16.6. The molecule has 0 aromatic carbocycles. The number of hydrogen-bond acceptors (Lipinski definition) is 3. The Labute approximate surface area is 111 Å². The van der Waals surface area contributed by atoms with Crippen LogP contribution in [0.5, 0.6) is 0 Å². The molecule has 1 rings (SSSR count). The van der Waals surface area contributed by atoms with Gasteiger partial charge in [-0.05, 0) is 46.0 Å². The van der Waals surface area contributed by atoms with E-state index in [1.165, 1.54) is 12.5 Å². The summed E-state index contributed by atoms with van der Waals surface area (Å²) < 4.78 is 11.3. The van der Waals surface area contributed by atoms with Gasteiger partial charge in [-0.2, -0.15) is 0 Å². The second kappa shape index (κ2) is 6.93. The third-order valence-electron chi connectivity index (χ3n) is 3.83. The molecule has 0 N–H and O–H groups in total. The predicted molar refractivity (Wildman–Crippen MR) is 72.4 cm³/mol. The van der Waals surface area contributed by atoms with Crippen molar-refractivity contribution in [3.63, 3.8) is 0 Å². The summed E-state index contributed by atoms with van der Waals surface area (Å²) >= 11 is 0. The van der Waals surface area contributed by atoms with Gasteiger partial charge >= 0.3 is 5.97 Å². The second-order valence-electron chi connectivity index (χ2n) is 5.20. The van der Waals surface area contributed by atoms with E-state index in [1.807, 2.05) is 0 Å². The van der Waals surface area contributed by atoms with Crippen LogP contribution in [0.25, 0.3) is 0 Å². The smallest absolute Gasteiger partial charge is 0.303 e. The van der Waals surface area contributed by atoms with E-state index in [2.05, 4.69) is 26.8 Å². The van der Waals surface area contributed by atoms with Crippen LogP contribution < -0.4 is 0 Å². The van der Waals surface area contributed by atoms with Crippen molar-refractivity contribution in [1.29, 1.82) is 0 Å². The zero-order chi connectivity index (χ0) is 13.6. The van der Waals surface area contributed by atoms with E-state index in [9.17, 15) is 4.79 Å². The van der Waals surface area contributed by atoms with Crippen molar-refractivity contribution in [3.05, 3.63) is 11.6 Å². The van der Waals surface area contributed by atoms with Gasteiger partial charge in [0.2, 0.25) is 0 Å². The molecule has 0 aromatic heterocycles. The lowest BCUT2D eigenvalue weighted by Gasteiger charge is -2.32. The fourth-order valence-corrected chi connectivity index (χ4v) is 2.59. The fourth-order valence-electron chi connectivity index (χ4n) is 2.59. The van der Waals surface area contributed by atoms with E-state index in [1.54, 1.807) is 0 Å². The standard InChI is InChI=1S/C15H26O3/c1-5-13(6-2)8-9-14(18-12(3)16)15(4)10-7-11-17-15/h5,14H,6-11H2,1-4H3/b13-5+/t14-,15+/m0/s1. The van der Waals surface area contributed by atoms with Gasteiger partial charge < -0.3 is 9.47 Å². The number of allylic oxidation sites excluding steroid dienone is 2. The van der Waals surface area contributed by atoms with Crippen molar-refractivity contribution >= 4 is 5.97 Å². The zero-order valence-corrected chi connectivity index (χ0v) is 12.1. The van der Waals surface area contributed by atoms with E-state index in [0.717, 1.165) is 38.7 Å². The number of carbonyl (C=O) groups is 1. The van der Waals surface area contributed by atoms with E-state index >= 15 is 0 Å². The highest BCUT2D eigenvalue weighted by Crippen LogP contribution is 2.33. The Hall–Kier alpha value is -0.830. The summed E-state index contributed by atoms with van der Waals surface area (Å²) in [5, 5.41) is 0. The molecule has 0 aliphatic carbocycles. The average Bonchev–Trinajstić information content (AvgIpc) is 2.76. The summed E-state index contributed by atoms with van der Waals surface area (Å²) in [6, 6.07) is 0. The molecule has 1 heterocycles. The molecule has 18 heavy (non-hydrogen) atoms. The monoisotopic (exact) mass is 254 g/mol. The van der Waals surface area contributed by atoms with Crippen molar-refractivity contribution < 1.29 is 14.3 Å². The minimum absolute atomic E-state index is 0.126. The third-order valence-corrected chi connectivity index (χ3v) is 3.83. The number of hydrogen-bond donors (Lipinski definition) is 0. The molecule has 0 saturated carbocycles. The minimum Gasteiger partial charge on any atom is -0.459 e. The molecule has 0 amide bonds. The van der Waals surface area contributed by atoms with E-state index in [4.69, 9.17) is 9.47 Å². The van der Waals surface area contributed by atoms with Gasteiger partial charge in [0.1, 0.15) is 11.7 Å². The molecule has 0 spiro atoms. The van der Waals surface area contributed by atoms with Crippen molar-refractivity contribution in [2.45, 2.75) is 71.5 Å². The topological polar surface area (TPSA) is 35.5 Å². The molecule has 0 unspecified atom stereocenters. The Morgan fingerprint density at radius 1 is 1.56 bits per heavy atom. The first-order valence-electron chi connectivity index (χ1n) is 6.97. The Kier molecular flexibility index (Phi) is 5.86. The highest BCUT2D eigenvalue weighted by molar-refractivity contribution is 5.66. The van der Waals surface area contributed by atoms with E-state index < -0.39 is 0 Å². The number of carbonyl (C=O) groups excluding carboxylic acids is 1. The number of esters is 1. The third kappa shape index (κ3) is 4.13. The predicted octanol–water partition coefficient (Wildman–Crippen LogP) is 3.62. The van der Waals surface area contributed by atoms with Gasteiger partial charge in [-0.1, -0.05) is 18.6 Å². The zero-order valence-electron chi connectivity index (χ0n) is 12.1. The first-order chi connectivity index (χ1) is 8.51. The Morgan fingerprint density at radius 3 is 2.72 bits per heavy atom. The van der Waals surface area contributed by atoms with Crippen LogP contribution in [0, 0.1) is 0 Å². The van der Waals surface area contributed by atoms with Crippen LogP contribution >= 0.6 is 0 Å². The lowest BCUT2D eigenvalue weighted by molar-refractivity contribution is -0.163. The Bertz CT molecular complexity index is 301. The number of ether oxygens (including phenoxy) is 2. The maximum Gasteiger partial charge on any atom is 0.303 e. The lowest BCUT2D eigenvalue weighted by Crippen LogP contribution is -2.41. The first-order valence-corrected chi connectivity index (χ1v) is 6.97. The lowest BCUT2D eigenvalue weighted by atomic mass is 9.90. The molecule has 0 bridgehead atoms. The molecular formula is C15H26O3. The van der Waals surface area contributed by atoms with Crippen LogP contribution in [0.2, 0.25) is 0 Å². The van der Waals surface area contributed by atoms with Gasteiger partial charge in [-0.3, -0.25) is 4.79 Å². The van der Waals surface area contributed by atoms with Crippen LogP contribution in [0.1, 0.15) is 59.8 Å². The molecule has 2 atom stereocenters. The summed E-state index contributed by atoms with van der Waals surface area (Å²) in [5.74, 6) is -0.213. The molecule has 3 heteroatoms. The van der Waals surface area contributed by atoms with Crippen molar-refractivity contribution in [3.8, 4) is 0 Å². The largest absolute Gasteiger partial charge is 0.459 e. The van der Waals surface area contributed by atoms with Crippen LogP contribution in [0.4, 0.5) is 0 Å². The van der Waals surface area contributed by atoms with Gasteiger partial charge in [0.05, 0.1) is 0 Å². The van der Waals surface area contributed by atoms with Crippen molar-refractivity contribution in [1.82, 2.24) is 0 Å². The summed E-state index contributed by atoms with van der Waals surface area (Å²) in [6.07, 6.45) is 6.94. The quantitative estimate of drug-likeness (QED) is 0.536. The summed E-state index contributed by atoms with van der Waals surface area (Å²) in [4.78, 5) is 11.2. The minimum atomic E-state index is -0.293. The molecule has 1 fully saturated rings.